The SMILES string of the molecule is CC1C=C(c2ccccc2)c2ccc3c(c2[N-]1)[N-]C(C)C=C3c1ccccc1. The van der Waals surface area contributed by atoms with Crippen LogP contribution in [0.4, 0.5) is 11.4 Å². The van der Waals surface area contributed by atoms with E-state index in [1.54, 1.807) is 0 Å². The van der Waals surface area contributed by atoms with Gasteiger partial charge in [0.2, 0.25) is 0 Å². The molecular formula is C26H22N2-2. The molecule has 2 unspecified atom stereocenters. The van der Waals surface area contributed by atoms with E-state index < -0.39 is 0 Å². The van der Waals surface area contributed by atoms with Gasteiger partial charge < -0.3 is 10.6 Å². The van der Waals surface area contributed by atoms with Crippen LogP contribution in [0.15, 0.2) is 84.9 Å². The highest BCUT2D eigenvalue weighted by Crippen LogP contribution is 2.53. The summed E-state index contributed by atoms with van der Waals surface area (Å²) in [5, 5.41) is 10.0. The van der Waals surface area contributed by atoms with E-state index in [9.17, 15) is 0 Å². The minimum absolute atomic E-state index is 0.130. The summed E-state index contributed by atoms with van der Waals surface area (Å²) in [6.45, 7) is 4.29. The molecule has 0 N–H and O–H groups in total. The fourth-order valence-electron chi connectivity index (χ4n) is 4.16. The molecule has 3 aromatic carbocycles. The minimum Gasteiger partial charge on any atom is -0.679 e. The zero-order valence-electron chi connectivity index (χ0n) is 16.1. The van der Waals surface area contributed by atoms with E-state index in [1.165, 1.54) is 33.4 Å². The molecule has 2 nitrogen and oxygen atoms in total. The summed E-state index contributed by atoms with van der Waals surface area (Å²) < 4.78 is 0. The van der Waals surface area contributed by atoms with Gasteiger partial charge in [0.15, 0.2) is 0 Å². The van der Waals surface area contributed by atoms with Gasteiger partial charge in [0.1, 0.15) is 0 Å². The van der Waals surface area contributed by atoms with E-state index in [-0.39, 0.29) is 12.1 Å². The second-order valence-electron chi connectivity index (χ2n) is 7.49. The van der Waals surface area contributed by atoms with Crippen molar-refractivity contribution in [1.82, 2.24) is 0 Å². The molecule has 0 saturated heterocycles. The molecule has 2 heterocycles. The molecule has 0 radical (unpaired) electrons. The normalized spacial score (nSPS) is 20.1. The lowest BCUT2D eigenvalue weighted by molar-refractivity contribution is 1.02. The standard InChI is InChI=1S/C26H22N2/c1-17-15-23(19-9-5-3-6-10-19)21-13-14-22-24(20-11-7-4-8-12-20)16-18(2)28-26(22)25(21)27-17/h3-18H,1-2H3/q-2. The first-order chi connectivity index (χ1) is 13.7. The van der Waals surface area contributed by atoms with Crippen molar-refractivity contribution in [2.75, 3.05) is 0 Å². The summed E-state index contributed by atoms with van der Waals surface area (Å²) in [6, 6.07) is 25.8. The zero-order chi connectivity index (χ0) is 19.1. The van der Waals surface area contributed by atoms with Crippen molar-refractivity contribution in [3.8, 4) is 0 Å². The maximum absolute atomic E-state index is 5.00. The average molecular weight is 362 g/mol. The van der Waals surface area contributed by atoms with Gasteiger partial charge in [-0.1, -0.05) is 98.8 Å². The topological polar surface area (TPSA) is 28.2 Å². The van der Waals surface area contributed by atoms with Crippen LogP contribution in [0.2, 0.25) is 0 Å². The molecule has 0 spiro atoms. The first-order valence-electron chi connectivity index (χ1n) is 9.84. The van der Waals surface area contributed by atoms with Gasteiger partial charge in [-0.15, -0.1) is 23.5 Å². The summed E-state index contributed by atoms with van der Waals surface area (Å²) in [7, 11) is 0. The predicted molar refractivity (Wildman–Crippen MR) is 118 cm³/mol. The second-order valence-corrected chi connectivity index (χ2v) is 7.49. The van der Waals surface area contributed by atoms with Gasteiger partial charge in [0, 0.05) is 0 Å². The van der Waals surface area contributed by atoms with Crippen molar-refractivity contribution in [2.45, 2.75) is 25.9 Å². The fraction of sp³-hybridized carbons (Fsp3) is 0.154. The summed E-state index contributed by atoms with van der Waals surface area (Å²) in [5.41, 5.74) is 9.36. The number of hydrogen-bond acceptors (Lipinski definition) is 0. The lowest BCUT2D eigenvalue weighted by atomic mass is 9.85. The quantitative estimate of drug-likeness (QED) is 0.455. The Kier molecular flexibility index (Phi) is 4.05. The van der Waals surface area contributed by atoms with Crippen molar-refractivity contribution in [2.24, 2.45) is 0 Å². The monoisotopic (exact) mass is 362 g/mol. The first-order valence-corrected chi connectivity index (χ1v) is 9.84. The van der Waals surface area contributed by atoms with E-state index in [1.807, 2.05) is 0 Å². The van der Waals surface area contributed by atoms with Crippen molar-refractivity contribution >= 4 is 22.5 Å². The molecule has 2 heteroatoms. The van der Waals surface area contributed by atoms with Crippen molar-refractivity contribution < 1.29 is 0 Å². The summed E-state index contributed by atoms with van der Waals surface area (Å²) in [6.07, 6.45) is 4.51. The molecule has 28 heavy (non-hydrogen) atoms. The highest BCUT2D eigenvalue weighted by atomic mass is 15.0. The Labute approximate surface area is 166 Å². The zero-order valence-corrected chi connectivity index (χ0v) is 16.1. The maximum atomic E-state index is 5.00. The van der Waals surface area contributed by atoms with Gasteiger partial charge in [0.25, 0.3) is 0 Å². The number of rotatable bonds is 2. The Bertz CT molecular complexity index is 990. The third-order valence-electron chi connectivity index (χ3n) is 5.38. The lowest BCUT2D eigenvalue weighted by Crippen LogP contribution is -2.09. The third kappa shape index (κ3) is 2.82. The molecule has 0 bridgehead atoms. The van der Waals surface area contributed by atoms with Crippen molar-refractivity contribution in [3.63, 3.8) is 0 Å². The molecule has 5 rings (SSSR count). The van der Waals surface area contributed by atoms with Crippen LogP contribution in [0.3, 0.4) is 0 Å². The van der Waals surface area contributed by atoms with Crippen LogP contribution in [0.25, 0.3) is 21.8 Å². The van der Waals surface area contributed by atoms with Gasteiger partial charge in [-0.25, -0.2) is 0 Å². The highest BCUT2D eigenvalue weighted by molar-refractivity contribution is 6.03. The van der Waals surface area contributed by atoms with Crippen LogP contribution >= 0.6 is 0 Å². The van der Waals surface area contributed by atoms with Crippen LogP contribution < -0.4 is 0 Å². The van der Waals surface area contributed by atoms with Crippen LogP contribution in [-0.2, 0) is 0 Å². The molecule has 0 saturated carbocycles. The number of benzene rings is 3. The second kappa shape index (κ2) is 6.72. The van der Waals surface area contributed by atoms with Crippen LogP contribution in [0.5, 0.6) is 0 Å². The Balaban J connectivity index is 1.69. The lowest BCUT2D eigenvalue weighted by Gasteiger charge is -2.47. The average Bonchev–Trinajstić information content (AvgIpc) is 2.74. The van der Waals surface area contributed by atoms with Crippen LogP contribution in [0, 0.1) is 0 Å². The van der Waals surface area contributed by atoms with Crippen LogP contribution in [-0.4, -0.2) is 12.1 Å². The van der Waals surface area contributed by atoms with E-state index in [2.05, 4.69) is 98.8 Å². The van der Waals surface area contributed by atoms with E-state index in [0.29, 0.717) is 0 Å². The number of fused-ring (bicyclic) bond motifs is 3. The molecule has 2 aliphatic heterocycles. The van der Waals surface area contributed by atoms with Gasteiger partial charge in [-0.2, -0.15) is 0 Å². The van der Waals surface area contributed by atoms with Gasteiger partial charge in [-0.3, -0.25) is 0 Å². The maximum Gasteiger partial charge on any atom is -0.0177 e. The molecule has 3 aromatic rings. The van der Waals surface area contributed by atoms with E-state index in [0.717, 1.165) is 11.4 Å². The number of hydrogen-bond donors (Lipinski definition) is 0. The minimum atomic E-state index is 0.130. The van der Waals surface area contributed by atoms with Crippen LogP contribution in [0.1, 0.15) is 36.1 Å². The molecule has 0 aliphatic carbocycles. The Hall–Kier alpha value is -3.26. The third-order valence-corrected chi connectivity index (χ3v) is 5.38. The molecule has 0 amide bonds. The first kappa shape index (κ1) is 16.9. The smallest absolute Gasteiger partial charge is 0.0177 e. The van der Waals surface area contributed by atoms with Crippen molar-refractivity contribution in [1.29, 1.82) is 0 Å². The fourth-order valence-corrected chi connectivity index (χ4v) is 4.16. The Morgan fingerprint density at radius 3 is 1.32 bits per heavy atom. The van der Waals surface area contributed by atoms with E-state index in [4.69, 9.17) is 10.6 Å². The highest BCUT2D eigenvalue weighted by Gasteiger charge is 2.17. The molecule has 2 atom stereocenters. The van der Waals surface area contributed by atoms with Gasteiger partial charge in [-0.05, 0) is 33.4 Å². The Morgan fingerprint density at radius 2 is 0.929 bits per heavy atom. The van der Waals surface area contributed by atoms with Crippen molar-refractivity contribution in [3.05, 3.63) is 118 Å². The largest absolute Gasteiger partial charge is 0.679 e. The summed E-state index contributed by atoms with van der Waals surface area (Å²) >= 11 is 0. The summed E-state index contributed by atoms with van der Waals surface area (Å²) in [5.74, 6) is 0. The van der Waals surface area contributed by atoms with Gasteiger partial charge in [0.05, 0.1) is 0 Å². The molecule has 0 aromatic heterocycles. The molecule has 0 fully saturated rings. The predicted octanol–water partition coefficient (Wildman–Crippen LogP) is 7.36. The number of nitrogens with zero attached hydrogens (tertiary/aromatic N) is 2. The molecule has 138 valence electrons. The molecule has 2 aliphatic rings. The van der Waals surface area contributed by atoms with E-state index >= 15 is 0 Å². The van der Waals surface area contributed by atoms with Gasteiger partial charge >= 0.3 is 0 Å². The Morgan fingerprint density at radius 1 is 0.536 bits per heavy atom. The summed E-state index contributed by atoms with van der Waals surface area (Å²) in [4.78, 5) is 0. The molecular weight excluding hydrogens is 340 g/mol.